The number of methoxy groups -OCH3 is 1. The SMILES string of the molecule is COc1ccc(C)cc1NC(=O)[C@H]1CCCN1S(C)(=O)=O. The normalized spacial score (nSPS) is 19.5. The molecule has 0 saturated carbocycles. The number of aryl methyl sites for hydroxylation is 1. The van der Waals surface area contributed by atoms with Gasteiger partial charge in [0.15, 0.2) is 0 Å². The Morgan fingerprint density at radius 2 is 2.14 bits per heavy atom. The van der Waals surface area contributed by atoms with Crippen molar-refractivity contribution in [3.8, 4) is 5.75 Å². The Labute approximate surface area is 125 Å². The highest BCUT2D eigenvalue weighted by molar-refractivity contribution is 7.88. The van der Waals surface area contributed by atoms with Crippen molar-refractivity contribution in [1.82, 2.24) is 4.31 Å². The standard InChI is InChI=1S/C14H20N2O4S/c1-10-6-7-13(20-2)11(9-10)15-14(17)12-5-4-8-16(12)21(3,18)19/h6-7,9,12H,4-5,8H2,1-3H3,(H,15,17)/t12-/m1/s1. The summed E-state index contributed by atoms with van der Waals surface area (Å²) >= 11 is 0. The average molecular weight is 312 g/mol. The smallest absolute Gasteiger partial charge is 0.242 e. The number of benzene rings is 1. The van der Waals surface area contributed by atoms with Crippen molar-refractivity contribution >= 4 is 21.6 Å². The Morgan fingerprint density at radius 3 is 2.76 bits per heavy atom. The van der Waals surface area contributed by atoms with E-state index in [2.05, 4.69) is 5.32 Å². The molecule has 1 aromatic carbocycles. The van der Waals surface area contributed by atoms with Crippen LogP contribution in [0.3, 0.4) is 0 Å². The second-order valence-corrected chi connectivity index (χ2v) is 7.16. The molecule has 0 aliphatic carbocycles. The second-order valence-electron chi connectivity index (χ2n) is 5.22. The van der Waals surface area contributed by atoms with Gasteiger partial charge < -0.3 is 10.1 Å². The molecular formula is C14H20N2O4S. The quantitative estimate of drug-likeness (QED) is 0.911. The number of amides is 1. The summed E-state index contributed by atoms with van der Waals surface area (Å²) in [6.45, 7) is 2.30. The van der Waals surface area contributed by atoms with Crippen LogP contribution < -0.4 is 10.1 Å². The summed E-state index contributed by atoms with van der Waals surface area (Å²) in [4.78, 5) is 12.4. The highest BCUT2D eigenvalue weighted by atomic mass is 32.2. The number of rotatable bonds is 4. The fourth-order valence-corrected chi connectivity index (χ4v) is 3.66. The molecule has 2 rings (SSSR count). The zero-order valence-electron chi connectivity index (χ0n) is 12.4. The Bertz CT molecular complexity index is 642. The van der Waals surface area contributed by atoms with E-state index in [4.69, 9.17) is 4.74 Å². The molecule has 21 heavy (non-hydrogen) atoms. The van der Waals surface area contributed by atoms with Crippen molar-refractivity contribution < 1.29 is 17.9 Å². The molecule has 0 bridgehead atoms. The number of nitrogens with one attached hydrogen (secondary N) is 1. The molecule has 6 nitrogen and oxygen atoms in total. The van der Waals surface area contributed by atoms with Gasteiger partial charge in [-0.05, 0) is 37.5 Å². The molecule has 1 saturated heterocycles. The van der Waals surface area contributed by atoms with E-state index in [0.29, 0.717) is 30.8 Å². The molecule has 116 valence electrons. The lowest BCUT2D eigenvalue weighted by Gasteiger charge is -2.22. The van der Waals surface area contributed by atoms with Crippen LogP contribution in [0.2, 0.25) is 0 Å². The molecule has 1 N–H and O–H groups in total. The first-order valence-electron chi connectivity index (χ1n) is 6.75. The number of sulfonamides is 1. The summed E-state index contributed by atoms with van der Waals surface area (Å²) in [7, 11) is -1.85. The van der Waals surface area contributed by atoms with Gasteiger partial charge in [-0.3, -0.25) is 4.79 Å². The maximum absolute atomic E-state index is 12.4. The van der Waals surface area contributed by atoms with Crippen LogP contribution in [0.1, 0.15) is 18.4 Å². The molecule has 7 heteroatoms. The van der Waals surface area contributed by atoms with Crippen molar-refractivity contribution in [1.29, 1.82) is 0 Å². The number of carbonyl (C=O) groups excluding carboxylic acids is 1. The van der Waals surface area contributed by atoms with Gasteiger partial charge in [-0.1, -0.05) is 6.07 Å². The lowest BCUT2D eigenvalue weighted by Crippen LogP contribution is -2.42. The van der Waals surface area contributed by atoms with E-state index in [-0.39, 0.29) is 5.91 Å². The van der Waals surface area contributed by atoms with E-state index in [0.717, 1.165) is 11.8 Å². The molecule has 0 radical (unpaired) electrons. The largest absolute Gasteiger partial charge is 0.495 e. The molecular weight excluding hydrogens is 292 g/mol. The van der Waals surface area contributed by atoms with Crippen LogP contribution in [0.4, 0.5) is 5.69 Å². The van der Waals surface area contributed by atoms with E-state index in [1.807, 2.05) is 13.0 Å². The molecule has 1 amide bonds. The molecule has 1 atom stereocenters. The highest BCUT2D eigenvalue weighted by Crippen LogP contribution is 2.27. The first kappa shape index (κ1) is 15.8. The monoisotopic (exact) mass is 312 g/mol. The summed E-state index contributed by atoms with van der Waals surface area (Å²) in [5.41, 5.74) is 1.54. The van der Waals surface area contributed by atoms with Gasteiger partial charge in [0.1, 0.15) is 11.8 Å². The van der Waals surface area contributed by atoms with Crippen molar-refractivity contribution in [2.75, 3.05) is 25.2 Å². The van der Waals surface area contributed by atoms with E-state index >= 15 is 0 Å². The minimum Gasteiger partial charge on any atom is -0.495 e. The Hall–Kier alpha value is -1.60. The van der Waals surface area contributed by atoms with E-state index in [1.165, 1.54) is 11.4 Å². The number of carbonyl (C=O) groups is 1. The van der Waals surface area contributed by atoms with Gasteiger partial charge in [-0.15, -0.1) is 0 Å². The first-order valence-corrected chi connectivity index (χ1v) is 8.60. The molecule has 0 aromatic heterocycles. The van der Waals surface area contributed by atoms with Crippen molar-refractivity contribution in [3.05, 3.63) is 23.8 Å². The zero-order valence-corrected chi connectivity index (χ0v) is 13.2. The predicted octanol–water partition coefficient (Wildman–Crippen LogP) is 1.37. The van der Waals surface area contributed by atoms with Gasteiger partial charge in [0.25, 0.3) is 0 Å². The lowest BCUT2D eigenvalue weighted by molar-refractivity contribution is -0.119. The second kappa shape index (κ2) is 6.03. The molecule has 1 aliphatic rings. The summed E-state index contributed by atoms with van der Waals surface area (Å²) in [6.07, 6.45) is 2.36. The summed E-state index contributed by atoms with van der Waals surface area (Å²) in [6, 6.07) is 4.81. The molecule has 1 aromatic rings. The fourth-order valence-electron chi connectivity index (χ4n) is 2.53. The number of anilines is 1. The van der Waals surface area contributed by atoms with Crippen LogP contribution in [0.5, 0.6) is 5.75 Å². The van der Waals surface area contributed by atoms with Crippen LogP contribution in [0.25, 0.3) is 0 Å². The number of hydrogen-bond donors (Lipinski definition) is 1. The Balaban J connectivity index is 2.20. The maximum Gasteiger partial charge on any atom is 0.242 e. The number of nitrogens with zero attached hydrogens (tertiary/aromatic N) is 1. The van der Waals surface area contributed by atoms with Gasteiger partial charge in [-0.25, -0.2) is 8.42 Å². The zero-order chi connectivity index (χ0) is 15.6. The topological polar surface area (TPSA) is 75.7 Å². The van der Waals surface area contributed by atoms with Crippen LogP contribution in [0, 0.1) is 6.92 Å². The van der Waals surface area contributed by atoms with Gasteiger partial charge in [0, 0.05) is 6.54 Å². The number of ether oxygens (including phenoxy) is 1. The van der Waals surface area contributed by atoms with Crippen molar-refractivity contribution in [2.24, 2.45) is 0 Å². The van der Waals surface area contributed by atoms with Gasteiger partial charge in [0.05, 0.1) is 19.1 Å². The predicted molar refractivity (Wildman–Crippen MR) is 80.9 cm³/mol. The Morgan fingerprint density at radius 1 is 1.43 bits per heavy atom. The maximum atomic E-state index is 12.4. The molecule has 0 unspecified atom stereocenters. The third-order valence-corrected chi connectivity index (χ3v) is 4.83. The Kier molecular flexibility index (Phi) is 4.53. The van der Waals surface area contributed by atoms with Crippen LogP contribution >= 0.6 is 0 Å². The van der Waals surface area contributed by atoms with Crippen molar-refractivity contribution in [2.45, 2.75) is 25.8 Å². The first-order chi connectivity index (χ1) is 9.82. The van der Waals surface area contributed by atoms with Gasteiger partial charge in [0.2, 0.25) is 15.9 Å². The minimum atomic E-state index is -3.37. The molecule has 1 aliphatic heterocycles. The third kappa shape index (κ3) is 3.54. The van der Waals surface area contributed by atoms with E-state index in [1.54, 1.807) is 12.1 Å². The van der Waals surface area contributed by atoms with Gasteiger partial charge >= 0.3 is 0 Å². The molecule has 0 spiro atoms. The molecule has 1 fully saturated rings. The summed E-state index contributed by atoms with van der Waals surface area (Å²) < 4.78 is 29.9. The summed E-state index contributed by atoms with van der Waals surface area (Å²) in [5, 5.41) is 2.78. The molecule has 1 heterocycles. The number of hydrogen-bond acceptors (Lipinski definition) is 4. The van der Waals surface area contributed by atoms with Gasteiger partial charge in [-0.2, -0.15) is 4.31 Å². The van der Waals surface area contributed by atoms with Crippen LogP contribution in [-0.4, -0.2) is 44.6 Å². The van der Waals surface area contributed by atoms with Crippen LogP contribution in [0.15, 0.2) is 18.2 Å². The fraction of sp³-hybridized carbons (Fsp3) is 0.500. The van der Waals surface area contributed by atoms with Crippen LogP contribution in [-0.2, 0) is 14.8 Å². The minimum absolute atomic E-state index is 0.318. The van der Waals surface area contributed by atoms with E-state index in [9.17, 15) is 13.2 Å². The summed E-state index contributed by atoms with van der Waals surface area (Å²) in [5.74, 6) is 0.236. The highest BCUT2D eigenvalue weighted by Gasteiger charge is 2.36. The lowest BCUT2D eigenvalue weighted by atomic mass is 10.1. The third-order valence-electron chi connectivity index (χ3n) is 3.55. The average Bonchev–Trinajstić information content (AvgIpc) is 2.88. The van der Waals surface area contributed by atoms with Crippen molar-refractivity contribution in [3.63, 3.8) is 0 Å². The van der Waals surface area contributed by atoms with E-state index < -0.39 is 16.1 Å².